The summed E-state index contributed by atoms with van der Waals surface area (Å²) in [6.45, 7) is 3.02. The van der Waals surface area contributed by atoms with Gasteiger partial charge in [-0.15, -0.1) is 0 Å². The van der Waals surface area contributed by atoms with Crippen molar-refractivity contribution in [2.24, 2.45) is 0 Å². The number of hydrogen-bond acceptors (Lipinski definition) is 2. The van der Waals surface area contributed by atoms with Crippen LogP contribution in [0.25, 0.3) is 0 Å². The van der Waals surface area contributed by atoms with Gasteiger partial charge in [0, 0.05) is 6.54 Å². The first-order chi connectivity index (χ1) is 8.22. The highest BCUT2D eigenvalue weighted by atomic mass is 19.3. The van der Waals surface area contributed by atoms with Crippen molar-refractivity contribution in [3.05, 3.63) is 29.8 Å². The van der Waals surface area contributed by atoms with Crippen molar-refractivity contribution >= 4 is 0 Å². The number of hydrogen-bond donors (Lipinski definition) is 1. The summed E-state index contributed by atoms with van der Waals surface area (Å²) in [4.78, 5) is 0. The summed E-state index contributed by atoms with van der Waals surface area (Å²) >= 11 is 0. The van der Waals surface area contributed by atoms with Gasteiger partial charge in [-0.25, -0.2) is 8.78 Å². The molecule has 0 saturated heterocycles. The highest BCUT2D eigenvalue weighted by Gasteiger charge is 2.01. The van der Waals surface area contributed by atoms with Gasteiger partial charge in [-0.2, -0.15) is 0 Å². The van der Waals surface area contributed by atoms with Gasteiger partial charge in [0.05, 0.1) is 13.2 Å². The number of halogens is 2. The minimum Gasteiger partial charge on any atom is -0.494 e. The van der Waals surface area contributed by atoms with E-state index in [9.17, 15) is 8.78 Å². The second-order valence-electron chi connectivity index (χ2n) is 3.87. The maximum Gasteiger partial charge on any atom is 0.250 e. The third-order valence-electron chi connectivity index (χ3n) is 2.32. The molecule has 0 amide bonds. The number of rotatable bonds is 8. The van der Waals surface area contributed by atoms with Crippen molar-refractivity contribution in [1.82, 2.24) is 5.32 Å². The molecule has 0 spiro atoms. The molecule has 0 aromatic heterocycles. The second kappa shape index (κ2) is 8.01. The van der Waals surface area contributed by atoms with Gasteiger partial charge < -0.3 is 10.1 Å². The number of ether oxygens (including phenoxy) is 1. The van der Waals surface area contributed by atoms with Crippen molar-refractivity contribution in [3.63, 3.8) is 0 Å². The van der Waals surface area contributed by atoms with E-state index < -0.39 is 6.43 Å². The van der Waals surface area contributed by atoms with Crippen molar-refractivity contribution in [1.29, 1.82) is 0 Å². The summed E-state index contributed by atoms with van der Waals surface area (Å²) < 4.78 is 29.3. The summed E-state index contributed by atoms with van der Waals surface area (Å²) in [5, 5.41) is 2.68. The Morgan fingerprint density at radius 2 is 1.94 bits per heavy atom. The molecule has 1 aromatic rings. The molecule has 0 aliphatic heterocycles. The smallest absolute Gasteiger partial charge is 0.250 e. The lowest BCUT2D eigenvalue weighted by Gasteiger charge is -2.07. The Morgan fingerprint density at radius 3 is 2.53 bits per heavy atom. The van der Waals surface area contributed by atoms with E-state index in [-0.39, 0.29) is 6.54 Å². The molecule has 1 N–H and O–H groups in total. The Bertz CT molecular complexity index is 301. The molecule has 96 valence electrons. The first-order valence-corrected chi connectivity index (χ1v) is 5.93. The molecule has 0 fully saturated rings. The van der Waals surface area contributed by atoms with Crippen LogP contribution in [0.5, 0.6) is 5.75 Å². The highest BCUT2D eigenvalue weighted by molar-refractivity contribution is 5.27. The van der Waals surface area contributed by atoms with Crippen molar-refractivity contribution in [2.75, 3.05) is 13.2 Å². The van der Waals surface area contributed by atoms with Gasteiger partial charge in [-0.1, -0.05) is 25.5 Å². The van der Waals surface area contributed by atoms with Crippen molar-refractivity contribution < 1.29 is 13.5 Å². The molecular formula is C13H19F2NO. The van der Waals surface area contributed by atoms with E-state index in [0.717, 1.165) is 30.8 Å². The zero-order chi connectivity index (χ0) is 12.5. The molecule has 1 rings (SSSR count). The maximum atomic E-state index is 11.9. The third-order valence-corrected chi connectivity index (χ3v) is 2.32. The topological polar surface area (TPSA) is 21.3 Å². The van der Waals surface area contributed by atoms with E-state index in [0.29, 0.717) is 6.54 Å². The molecule has 0 saturated carbocycles. The van der Waals surface area contributed by atoms with Crippen LogP contribution >= 0.6 is 0 Å². The number of benzene rings is 1. The van der Waals surface area contributed by atoms with E-state index in [4.69, 9.17) is 4.74 Å². The molecule has 0 aliphatic rings. The molecule has 0 bridgehead atoms. The lowest BCUT2D eigenvalue weighted by atomic mass is 10.2. The lowest BCUT2D eigenvalue weighted by Crippen LogP contribution is -2.20. The summed E-state index contributed by atoms with van der Waals surface area (Å²) in [6, 6.07) is 7.52. The predicted molar refractivity (Wildman–Crippen MR) is 64.6 cm³/mol. The van der Waals surface area contributed by atoms with E-state index in [2.05, 4.69) is 12.2 Å². The van der Waals surface area contributed by atoms with Gasteiger partial charge >= 0.3 is 0 Å². The minimum atomic E-state index is -2.30. The van der Waals surface area contributed by atoms with Gasteiger partial charge in [-0.3, -0.25) is 0 Å². The lowest BCUT2D eigenvalue weighted by molar-refractivity contribution is 0.145. The summed E-state index contributed by atoms with van der Waals surface area (Å²) in [5.74, 6) is 0.830. The molecule has 4 heteroatoms. The number of alkyl halides is 2. The van der Waals surface area contributed by atoms with Gasteiger partial charge in [0.1, 0.15) is 5.75 Å². The van der Waals surface area contributed by atoms with Crippen LogP contribution in [0.2, 0.25) is 0 Å². The van der Waals surface area contributed by atoms with E-state index in [1.807, 2.05) is 24.3 Å². The van der Waals surface area contributed by atoms with E-state index >= 15 is 0 Å². The van der Waals surface area contributed by atoms with E-state index in [1.54, 1.807) is 0 Å². The maximum absolute atomic E-state index is 11.9. The first-order valence-electron chi connectivity index (χ1n) is 5.93. The monoisotopic (exact) mass is 243 g/mol. The molecule has 0 heterocycles. The minimum absolute atomic E-state index is 0.269. The quantitative estimate of drug-likeness (QED) is 0.708. The average molecular weight is 243 g/mol. The Hall–Kier alpha value is -1.16. The summed E-state index contributed by atoms with van der Waals surface area (Å²) in [5.41, 5.74) is 0.980. The Labute approximate surface area is 101 Å². The normalized spacial score (nSPS) is 10.8. The average Bonchev–Trinajstić information content (AvgIpc) is 2.31. The molecule has 0 unspecified atom stereocenters. The van der Waals surface area contributed by atoms with Crippen LogP contribution in [-0.2, 0) is 6.54 Å². The highest BCUT2D eigenvalue weighted by Crippen LogP contribution is 2.12. The summed E-state index contributed by atoms with van der Waals surface area (Å²) in [6.07, 6.45) is -0.153. The standard InChI is InChI=1S/C13H19F2NO/c1-2-3-8-17-12-6-4-11(5-7-12)9-16-10-13(14)15/h4-7,13,16H,2-3,8-10H2,1H3. The van der Waals surface area contributed by atoms with Crippen LogP contribution in [0.15, 0.2) is 24.3 Å². The fraction of sp³-hybridized carbons (Fsp3) is 0.538. The van der Waals surface area contributed by atoms with Gasteiger partial charge in [0.25, 0.3) is 6.43 Å². The number of nitrogens with one attached hydrogen (secondary N) is 1. The van der Waals surface area contributed by atoms with Crippen molar-refractivity contribution in [3.8, 4) is 5.75 Å². The molecule has 17 heavy (non-hydrogen) atoms. The van der Waals surface area contributed by atoms with Gasteiger partial charge in [0.15, 0.2) is 0 Å². The van der Waals surface area contributed by atoms with Crippen molar-refractivity contribution in [2.45, 2.75) is 32.7 Å². The predicted octanol–water partition coefficient (Wildman–Crippen LogP) is 3.22. The second-order valence-corrected chi connectivity index (χ2v) is 3.87. The summed E-state index contributed by atoms with van der Waals surface area (Å²) in [7, 11) is 0. The largest absolute Gasteiger partial charge is 0.494 e. The molecular weight excluding hydrogens is 224 g/mol. The Morgan fingerprint density at radius 1 is 1.24 bits per heavy atom. The Balaban J connectivity index is 2.29. The van der Waals surface area contributed by atoms with Crippen LogP contribution < -0.4 is 10.1 Å². The zero-order valence-corrected chi connectivity index (χ0v) is 10.1. The fourth-order valence-electron chi connectivity index (χ4n) is 1.36. The van der Waals surface area contributed by atoms with Crippen LogP contribution in [0.4, 0.5) is 8.78 Å². The molecule has 0 atom stereocenters. The SMILES string of the molecule is CCCCOc1ccc(CNCC(F)F)cc1. The van der Waals surface area contributed by atoms with E-state index in [1.165, 1.54) is 0 Å². The molecule has 0 aliphatic carbocycles. The third kappa shape index (κ3) is 6.22. The van der Waals surface area contributed by atoms with Crippen LogP contribution in [0.3, 0.4) is 0 Å². The van der Waals surface area contributed by atoms with Crippen LogP contribution in [0.1, 0.15) is 25.3 Å². The zero-order valence-electron chi connectivity index (χ0n) is 10.1. The molecule has 1 aromatic carbocycles. The Kier molecular flexibility index (Phi) is 6.55. The van der Waals surface area contributed by atoms with Crippen LogP contribution in [0, 0.1) is 0 Å². The van der Waals surface area contributed by atoms with Gasteiger partial charge in [-0.05, 0) is 24.1 Å². The van der Waals surface area contributed by atoms with Gasteiger partial charge in [0.2, 0.25) is 0 Å². The molecule has 0 radical (unpaired) electrons. The number of unbranched alkanes of at least 4 members (excludes halogenated alkanes) is 1. The van der Waals surface area contributed by atoms with Crippen LogP contribution in [-0.4, -0.2) is 19.6 Å². The fourth-order valence-corrected chi connectivity index (χ4v) is 1.36. The molecule has 2 nitrogen and oxygen atoms in total. The first kappa shape index (κ1) is 13.9.